The molecule has 3 aromatic carbocycles. The third kappa shape index (κ3) is 7.14. The molecule has 4 rings (SSSR count). The molecular weight excluding hydrogens is 550 g/mol. The third-order valence-corrected chi connectivity index (χ3v) is 9.15. The number of ether oxygens (including phenoxy) is 1. The van der Waals surface area contributed by atoms with Crippen molar-refractivity contribution in [1.29, 1.82) is 0 Å². The number of methoxy groups -OCH3 is 1. The highest BCUT2D eigenvalue weighted by molar-refractivity contribution is 7.92. The number of hydrogen-bond donors (Lipinski definition) is 1. The SMILES string of the molecule is COc1ccc(N(CC(=O)N(Cc2ccc(Cl)cc2)[C@H](C)C(=O)NC2CCCC2)S(=O)(=O)c2ccccc2)cc1. The highest BCUT2D eigenvalue weighted by Crippen LogP contribution is 2.27. The van der Waals surface area contributed by atoms with Crippen LogP contribution < -0.4 is 14.4 Å². The van der Waals surface area contributed by atoms with Gasteiger partial charge in [-0.2, -0.15) is 0 Å². The summed E-state index contributed by atoms with van der Waals surface area (Å²) in [5.74, 6) is -0.232. The standard InChI is InChI=1S/C30H34ClN3O5S/c1-22(30(36)32-25-8-6-7-9-25)33(20-23-12-14-24(31)15-13-23)29(35)21-34(26-16-18-27(39-2)19-17-26)40(37,38)28-10-4-3-5-11-28/h3-5,10-19,22,25H,6-9,20-21H2,1-2H3,(H,32,36)/t22-/m1/s1. The van der Waals surface area contributed by atoms with E-state index in [1.54, 1.807) is 73.7 Å². The van der Waals surface area contributed by atoms with Gasteiger partial charge in [-0.15, -0.1) is 0 Å². The Labute approximate surface area is 240 Å². The average Bonchev–Trinajstić information content (AvgIpc) is 3.48. The Morgan fingerprint density at radius 2 is 1.60 bits per heavy atom. The highest BCUT2D eigenvalue weighted by atomic mass is 35.5. The van der Waals surface area contributed by atoms with Gasteiger partial charge in [0.05, 0.1) is 17.7 Å². The van der Waals surface area contributed by atoms with Gasteiger partial charge in [0.2, 0.25) is 11.8 Å². The zero-order chi connectivity index (χ0) is 28.7. The van der Waals surface area contributed by atoms with Crippen molar-refractivity contribution in [3.8, 4) is 5.75 Å². The number of halogens is 1. The molecule has 0 radical (unpaired) electrons. The number of hydrogen-bond acceptors (Lipinski definition) is 5. The second-order valence-electron chi connectivity index (χ2n) is 9.84. The Kier molecular flexibility index (Phi) is 9.71. The van der Waals surface area contributed by atoms with E-state index >= 15 is 0 Å². The van der Waals surface area contributed by atoms with Crippen LogP contribution >= 0.6 is 11.6 Å². The number of anilines is 1. The molecule has 1 aliphatic rings. The summed E-state index contributed by atoms with van der Waals surface area (Å²) in [4.78, 5) is 28.7. The second kappa shape index (κ2) is 13.2. The van der Waals surface area contributed by atoms with Crippen LogP contribution in [-0.4, -0.2) is 50.9 Å². The molecule has 8 nitrogen and oxygen atoms in total. The topological polar surface area (TPSA) is 96.0 Å². The lowest BCUT2D eigenvalue weighted by Gasteiger charge is -2.32. The van der Waals surface area contributed by atoms with Crippen LogP contribution in [0.25, 0.3) is 0 Å². The minimum atomic E-state index is -4.12. The lowest BCUT2D eigenvalue weighted by Crippen LogP contribution is -2.52. The molecule has 3 aromatic rings. The number of nitrogens with one attached hydrogen (secondary N) is 1. The average molecular weight is 584 g/mol. The van der Waals surface area contributed by atoms with Crippen molar-refractivity contribution < 1.29 is 22.7 Å². The summed E-state index contributed by atoms with van der Waals surface area (Å²) in [5.41, 5.74) is 1.06. The van der Waals surface area contributed by atoms with Crippen LogP contribution in [0.15, 0.2) is 83.8 Å². The van der Waals surface area contributed by atoms with Crippen LogP contribution in [0.2, 0.25) is 5.02 Å². The summed E-state index contributed by atoms with van der Waals surface area (Å²) >= 11 is 6.06. The normalized spacial score (nSPS) is 14.4. The molecule has 1 fully saturated rings. The Morgan fingerprint density at radius 1 is 0.975 bits per heavy atom. The van der Waals surface area contributed by atoms with Gasteiger partial charge in [0.15, 0.2) is 0 Å². The fourth-order valence-electron chi connectivity index (χ4n) is 4.76. The van der Waals surface area contributed by atoms with Crippen LogP contribution in [0.3, 0.4) is 0 Å². The fraction of sp³-hybridized carbons (Fsp3) is 0.333. The molecule has 40 heavy (non-hydrogen) atoms. The Bertz CT molecular complexity index is 1390. The Morgan fingerprint density at radius 3 is 2.20 bits per heavy atom. The molecule has 0 unspecified atom stereocenters. The molecule has 0 heterocycles. The van der Waals surface area contributed by atoms with Crippen molar-refractivity contribution in [2.45, 2.75) is 56.1 Å². The second-order valence-corrected chi connectivity index (χ2v) is 12.1. The summed E-state index contributed by atoms with van der Waals surface area (Å²) in [5, 5.41) is 3.61. The molecular formula is C30H34ClN3O5S. The number of benzene rings is 3. The number of carbonyl (C=O) groups excluding carboxylic acids is 2. The van der Waals surface area contributed by atoms with Crippen LogP contribution in [0.4, 0.5) is 5.69 Å². The van der Waals surface area contributed by atoms with Gasteiger partial charge in [-0.05, 0) is 73.9 Å². The Balaban J connectivity index is 1.67. The van der Waals surface area contributed by atoms with Crippen molar-refractivity contribution in [2.24, 2.45) is 0 Å². The summed E-state index contributed by atoms with van der Waals surface area (Å²) < 4.78 is 33.9. The summed E-state index contributed by atoms with van der Waals surface area (Å²) in [6.07, 6.45) is 3.93. The lowest BCUT2D eigenvalue weighted by atomic mass is 10.1. The summed E-state index contributed by atoms with van der Waals surface area (Å²) in [7, 11) is -2.60. The number of carbonyl (C=O) groups is 2. The Hall–Kier alpha value is -3.56. The molecule has 2 amide bonds. The van der Waals surface area contributed by atoms with Gasteiger partial charge in [0.25, 0.3) is 10.0 Å². The molecule has 0 saturated heterocycles. The van der Waals surface area contributed by atoms with E-state index in [0.29, 0.717) is 16.5 Å². The quantitative estimate of drug-likeness (QED) is 0.342. The number of nitrogens with zero attached hydrogens (tertiary/aromatic N) is 2. The molecule has 1 saturated carbocycles. The number of amides is 2. The van der Waals surface area contributed by atoms with E-state index in [9.17, 15) is 18.0 Å². The summed E-state index contributed by atoms with van der Waals surface area (Å²) in [6, 6.07) is 20.6. The zero-order valence-corrected chi connectivity index (χ0v) is 24.2. The van der Waals surface area contributed by atoms with Gasteiger partial charge in [-0.1, -0.05) is 54.8 Å². The zero-order valence-electron chi connectivity index (χ0n) is 22.6. The van der Waals surface area contributed by atoms with Crippen LogP contribution in [0.1, 0.15) is 38.2 Å². The first kappa shape index (κ1) is 29.4. The van der Waals surface area contributed by atoms with Crippen LogP contribution in [0, 0.1) is 0 Å². The van der Waals surface area contributed by atoms with Crippen molar-refractivity contribution in [3.05, 3.63) is 89.4 Å². The van der Waals surface area contributed by atoms with E-state index in [-0.39, 0.29) is 23.4 Å². The monoisotopic (exact) mass is 583 g/mol. The molecule has 0 aromatic heterocycles. The van der Waals surface area contributed by atoms with Gasteiger partial charge in [-0.3, -0.25) is 13.9 Å². The van der Waals surface area contributed by atoms with E-state index in [1.807, 2.05) is 0 Å². The third-order valence-electron chi connectivity index (χ3n) is 7.11. The van der Waals surface area contributed by atoms with E-state index in [0.717, 1.165) is 35.6 Å². The van der Waals surface area contributed by atoms with Gasteiger partial charge < -0.3 is 15.0 Å². The molecule has 1 atom stereocenters. The van der Waals surface area contributed by atoms with Crippen LogP contribution in [-0.2, 0) is 26.2 Å². The van der Waals surface area contributed by atoms with Crippen molar-refractivity contribution in [3.63, 3.8) is 0 Å². The van der Waals surface area contributed by atoms with E-state index in [2.05, 4.69) is 5.32 Å². The predicted octanol–water partition coefficient (Wildman–Crippen LogP) is 5.02. The molecule has 1 aliphatic carbocycles. The maximum absolute atomic E-state index is 14.0. The van der Waals surface area contributed by atoms with Crippen molar-refractivity contribution in [2.75, 3.05) is 18.0 Å². The molecule has 0 spiro atoms. The molecule has 212 valence electrons. The van der Waals surface area contributed by atoms with Crippen molar-refractivity contribution in [1.82, 2.24) is 10.2 Å². The van der Waals surface area contributed by atoms with Gasteiger partial charge in [0, 0.05) is 17.6 Å². The largest absolute Gasteiger partial charge is 0.497 e. The van der Waals surface area contributed by atoms with E-state index < -0.39 is 28.5 Å². The predicted molar refractivity (Wildman–Crippen MR) is 156 cm³/mol. The number of rotatable bonds is 11. The minimum absolute atomic E-state index is 0.0508. The minimum Gasteiger partial charge on any atom is -0.497 e. The first-order chi connectivity index (χ1) is 19.2. The molecule has 10 heteroatoms. The highest BCUT2D eigenvalue weighted by Gasteiger charge is 2.33. The van der Waals surface area contributed by atoms with E-state index in [1.165, 1.54) is 24.1 Å². The van der Waals surface area contributed by atoms with Gasteiger partial charge in [0.1, 0.15) is 18.3 Å². The smallest absolute Gasteiger partial charge is 0.264 e. The fourth-order valence-corrected chi connectivity index (χ4v) is 6.32. The first-order valence-corrected chi connectivity index (χ1v) is 15.1. The van der Waals surface area contributed by atoms with Gasteiger partial charge >= 0.3 is 0 Å². The molecule has 0 bridgehead atoms. The maximum Gasteiger partial charge on any atom is 0.264 e. The first-order valence-electron chi connectivity index (χ1n) is 13.2. The molecule has 1 N–H and O–H groups in total. The maximum atomic E-state index is 14.0. The number of sulfonamides is 1. The van der Waals surface area contributed by atoms with Gasteiger partial charge in [-0.25, -0.2) is 8.42 Å². The van der Waals surface area contributed by atoms with Crippen molar-refractivity contribution >= 4 is 39.1 Å². The van der Waals surface area contributed by atoms with Crippen LogP contribution in [0.5, 0.6) is 5.75 Å². The summed E-state index contributed by atoms with van der Waals surface area (Å²) in [6.45, 7) is 1.27. The van der Waals surface area contributed by atoms with E-state index in [4.69, 9.17) is 16.3 Å². The molecule has 0 aliphatic heterocycles. The lowest BCUT2D eigenvalue weighted by molar-refractivity contribution is -0.139.